The SMILES string of the molecule is CN(C)S(N)(=O)=O.Cn1c(C(F)(F)F)cc(=O)n(-c2cc(C(=O)OC(C)(C)C(=O)O)c(Cl)cc2F)c1=O. The molecule has 3 N–H and O–H groups in total. The van der Waals surface area contributed by atoms with E-state index in [-0.39, 0.29) is 15.2 Å². The molecular formula is C19H21ClF4N4O8S. The molecule has 0 aliphatic rings. The second kappa shape index (κ2) is 11.0. The van der Waals surface area contributed by atoms with Gasteiger partial charge in [0, 0.05) is 27.2 Å². The normalized spacial score (nSPS) is 12.1. The molecule has 1 aromatic carbocycles. The summed E-state index contributed by atoms with van der Waals surface area (Å²) in [6.45, 7) is 2.09. The molecule has 37 heavy (non-hydrogen) atoms. The summed E-state index contributed by atoms with van der Waals surface area (Å²) in [7, 11) is 0.0550. The molecule has 0 saturated heterocycles. The van der Waals surface area contributed by atoms with Gasteiger partial charge in [-0.05, 0) is 26.0 Å². The summed E-state index contributed by atoms with van der Waals surface area (Å²) in [4.78, 5) is 47.9. The number of halogens is 5. The molecule has 0 fully saturated rings. The van der Waals surface area contributed by atoms with Gasteiger partial charge in [-0.2, -0.15) is 25.9 Å². The number of carboxylic acids is 1. The van der Waals surface area contributed by atoms with Crippen LogP contribution in [0.15, 0.2) is 27.8 Å². The van der Waals surface area contributed by atoms with Crippen molar-refractivity contribution in [3.63, 3.8) is 0 Å². The van der Waals surface area contributed by atoms with Crippen molar-refractivity contribution in [2.75, 3.05) is 14.1 Å². The van der Waals surface area contributed by atoms with Gasteiger partial charge in [0.15, 0.2) is 0 Å². The molecule has 0 atom stereocenters. The first kappa shape index (κ1) is 31.7. The molecule has 0 saturated carbocycles. The van der Waals surface area contributed by atoms with Crippen molar-refractivity contribution in [1.82, 2.24) is 13.4 Å². The van der Waals surface area contributed by atoms with Crippen LogP contribution in [0.3, 0.4) is 0 Å². The Morgan fingerprint density at radius 3 is 2.03 bits per heavy atom. The molecule has 2 rings (SSSR count). The van der Waals surface area contributed by atoms with E-state index >= 15 is 0 Å². The largest absolute Gasteiger partial charge is 0.478 e. The van der Waals surface area contributed by atoms with Crippen LogP contribution in [0.25, 0.3) is 5.69 Å². The monoisotopic (exact) mass is 576 g/mol. The van der Waals surface area contributed by atoms with E-state index in [2.05, 4.69) is 5.14 Å². The van der Waals surface area contributed by atoms with Gasteiger partial charge in [-0.1, -0.05) is 11.6 Å². The van der Waals surface area contributed by atoms with Gasteiger partial charge < -0.3 is 9.84 Å². The molecule has 1 heterocycles. The Labute approximate surface area is 211 Å². The molecule has 0 spiro atoms. The highest BCUT2D eigenvalue weighted by atomic mass is 35.5. The van der Waals surface area contributed by atoms with Crippen LogP contribution < -0.4 is 16.4 Å². The third-order valence-corrected chi connectivity index (χ3v) is 5.81. The highest BCUT2D eigenvalue weighted by Gasteiger charge is 2.36. The smallest absolute Gasteiger partial charge is 0.431 e. The van der Waals surface area contributed by atoms with Crippen molar-refractivity contribution in [1.29, 1.82) is 0 Å². The van der Waals surface area contributed by atoms with E-state index in [0.29, 0.717) is 12.1 Å². The zero-order chi connectivity index (χ0) is 29.3. The van der Waals surface area contributed by atoms with Crippen molar-refractivity contribution < 1.29 is 45.4 Å². The highest BCUT2D eigenvalue weighted by Crippen LogP contribution is 2.28. The Balaban J connectivity index is 0.000000856. The predicted molar refractivity (Wildman–Crippen MR) is 121 cm³/mol. The number of benzene rings is 1. The molecule has 206 valence electrons. The van der Waals surface area contributed by atoms with E-state index < -0.39 is 73.0 Å². The van der Waals surface area contributed by atoms with Crippen molar-refractivity contribution in [2.24, 2.45) is 12.2 Å². The van der Waals surface area contributed by atoms with Crippen LogP contribution in [-0.4, -0.2) is 58.6 Å². The molecule has 18 heteroatoms. The third kappa shape index (κ3) is 7.61. The Bertz CT molecular complexity index is 1450. The lowest BCUT2D eigenvalue weighted by atomic mass is 10.1. The number of nitrogens with two attached hydrogens (primary N) is 1. The third-order valence-electron chi connectivity index (χ3n) is 4.48. The van der Waals surface area contributed by atoms with Gasteiger partial charge in [0.2, 0.25) is 5.60 Å². The second-order valence-electron chi connectivity index (χ2n) is 7.86. The zero-order valence-corrected chi connectivity index (χ0v) is 21.3. The van der Waals surface area contributed by atoms with Gasteiger partial charge in [0.05, 0.1) is 16.3 Å². The van der Waals surface area contributed by atoms with Gasteiger partial charge in [0.25, 0.3) is 15.8 Å². The van der Waals surface area contributed by atoms with Gasteiger partial charge in [-0.3, -0.25) is 9.36 Å². The molecule has 0 aliphatic heterocycles. The van der Waals surface area contributed by atoms with Crippen molar-refractivity contribution in [2.45, 2.75) is 25.6 Å². The summed E-state index contributed by atoms with van der Waals surface area (Å²) in [5.41, 5.74) is -8.12. The minimum Gasteiger partial charge on any atom is -0.478 e. The fourth-order valence-corrected chi connectivity index (χ4v) is 2.54. The Kier molecular flexibility index (Phi) is 9.43. The number of nitrogens with zero attached hydrogens (tertiary/aromatic N) is 3. The average molecular weight is 577 g/mol. The van der Waals surface area contributed by atoms with Crippen LogP contribution in [0.2, 0.25) is 5.02 Å². The number of aliphatic carboxylic acids is 1. The van der Waals surface area contributed by atoms with Crippen molar-refractivity contribution >= 4 is 33.7 Å². The zero-order valence-electron chi connectivity index (χ0n) is 19.8. The van der Waals surface area contributed by atoms with E-state index in [0.717, 1.165) is 25.2 Å². The Morgan fingerprint density at radius 1 is 1.14 bits per heavy atom. The summed E-state index contributed by atoms with van der Waals surface area (Å²) >= 11 is 5.78. The molecule has 12 nitrogen and oxygen atoms in total. The summed E-state index contributed by atoms with van der Waals surface area (Å²) in [5.74, 6) is -4.14. The number of carbonyl (C=O) groups is 2. The predicted octanol–water partition coefficient (Wildman–Crippen LogP) is 1.12. The van der Waals surface area contributed by atoms with Gasteiger partial charge in [0.1, 0.15) is 11.5 Å². The first-order chi connectivity index (χ1) is 16.5. The van der Waals surface area contributed by atoms with E-state index in [1.54, 1.807) is 0 Å². The maximum absolute atomic E-state index is 14.4. The second-order valence-corrected chi connectivity index (χ2v) is 10.0. The van der Waals surface area contributed by atoms with Gasteiger partial charge in [-0.15, -0.1) is 0 Å². The molecule has 0 unspecified atom stereocenters. The molecule has 0 amide bonds. The summed E-state index contributed by atoms with van der Waals surface area (Å²) in [6.07, 6.45) is -5.03. The summed E-state index contributed by atoms with van der Waals surface area (Å²) in [6, 6.07) is 1.22. The maximum atomic E-state index is 14.4. The Morgan fingerprint density at radius 2 is 1.62 bits per heavy atom. The molecule has 0 bridgehead atoms. The number of aromatic nitrogens is 2. The minimum absolute atomic E-state index is 0.0695. The first-order valence-corrected chi connectivity index (χ1v) is 11.5. The number of esters is 1. The number of alkyl halides is 3. The lowest BCUT2D eigenvalue weighted by Gasteiger charge is -2.20. The van der Waals surface area contributed by atoms with Gasteiger partial charge >= 0.3 is 23.8 Å². The number of carboxylic acid groups (broad SMARTS) is 1. The molecular weight excluding hydrogens is 556 g/mol. The van der Waals surface area contributed by atoms with Crippen molar-refractivity contribution in [3.05, 3.63) is 61.1 Å². The van der Waals surface area contributed by atoms with Gasteiger partial charge in [-0.25, -0.2) is 28.5 Å². The number of hydrogen-bond donors (Lipinski definition) is 2. The highest BCUT2D eigenvalue weighted by molar-refractivity contribution is 7.86. The number of carbonyl (C=O) groups excluding carboxylic acids is 1. The Hall–Kier alpha value is -3.28. The summed E-state index contributed by atoms with van der Waals surface area (Å²) in [5, 5.41) is 13.1. The van der Waals surface area contributed by atoms with E-state index in [1.807, 2.05) is 0 Å². The van der Waals surface area contributed by atoms with Crippen LogP contribution in [0.5, 0.6) is 0 Å². The van der Waals surface area contributed by atoms with Crippen LogP contribution >= 0.6 is 11.6 Å². The molecule has 0 aliphatic carbocycles. The lowest BCUT2D eigenvalue weighted by molar-refractivity contribution is -0.155. The standard InChI is InChI=1S/C17H13ClF4N2O6.C2H8N2O2S/c1-16(2,14(27)28)30-13(26)7-4-10(9(19)5-8(7)18)24-12(25)6-11(17(20,21)22)23(3)15(24)29;1-4(2)7(3,5)6/h4-6H,1-3H3,(H,27,28);1-2H3,(H2,3,5,6). The molecule has 0 radical (unpaired) electrons. The van der Waals surface area contributed by atoms with Crippen LogP contribution in [0.4, 0.5) is 17.6 Å². The minimum atomic E-state index is -5.03. The number of rotatable bonds is 5. The van der Waals surface area contributed by atoms with E-state index in [4.69, 9.17) is 21.4 Å². The van der Waals surface area contributed by atoms with E-state index in [1.165, 1.54) is 14.1 Å². The quantitative estimate of drug-likeness (QED) is 0.394. The number of hydrogen-bond acceptors (Lipinski definition) is 7. The summed E-state index contributed by atoms with van der Waals surface area (Å²) < 4.78 is 79.2. The first-order valence-electron chi connectivity index (χ1n) is 9.59. The maximum Gasteiger partial charge on any atom is 0.431 e. The van der Waals surface area contributed by atoms with Crippen LogP contribution in [0, 0.1) is 5.82 Å². The van der Waals surface area contributed by atoms with Crippen molar-refractivity contribution in [3.8, 4) is 5.69 Å². The topological polar surface area (TPSA) is 171 Å². The number of ether oxygens (including phenoxy) is 1. The molecule has 2 aromatic rings. The fraction of sp³-hybridized carbons (Fsp3) is 0.368. The van der Waals surface area contributed by atoms with Crippen LogP contribution in [0.1, 0.15) is 29.9 Å². The lowest BCUT2D eigenvalue weighted by Crippen LogP contribution is -2.41. The van der Waals surface area contributed by atoms with E-state index in [9.17, 15) is 45.2 Å². The fourth-order valence-electron chi connectivity index (χ4n) is 2.32. The van der Waals surface area contributed by atoms with Crippen LogP contribution in [-0.2, 0) is 33.0 Å². The molecule has 1 aromatic heterocycles. The average Bonchev–Trinajstić information content (AvgIpc) is 2.70.